The number of rotatable bonds is 5. The first-order valence-corrected chi connectivity index (χ1v) is 9.89. The van der Waals surface area contributed by atoms with Gasteiger partial charge in [-0.05, 0) is 28.1 Å². The van der Waals surface area contributed by atoms with E-state index in [-0.39, 0.29) is 15.8 Å². The van der Waals surface area contributed by atoms with Crippen molar-refractivity contribution in [2.45, 2.75) is 31.8 Å². The van der Waals surface area contributed by atoms with E-state index >= 15 is 0 Å². The summed E-state index contributed by atoms with van der Waals surface area (Å²) >= 11 is 3.18. The van der Waals surface area contributed by atoms with Gasteiger partial charge in [-0.1, -0.05) is 6.08 Å². The van der Waals surface area contributed by atoms with Crippen LogP contribution in [0.25, 0.3) is 0 Å². The first-order chi connectivity index (χ1) is 14.6. The van der Waals surface area contributed by atoms with Gasteiger partial charge >= 0.3 is 11.9 Å². The number of esters is 2. The van der Waals surface area contributed by atoms with Crippen molar-refractivity contribution < 1.29 is 38.3 Å². The third-order valence-corrected chi connectivity index (χ3v) is 6.01. The monoisotopic (exact) mass is 494 g/mol. The highest BCUT2D eigenvalue weighted by atomic mass is 79.9. The van der Waals surface area contributed by atoms with E-state index in [2.05, 4.69) is 15.9 Å². The smallest absolute Gasteiger partial charge is 0.305 e. The van der Waals surface area contributed by atoms with E-state index in [0.29, 0.717) is 0 Å². The van der Waals surface area contributed by atoms with Gasteiger partial charge in [0.25, 0.3) is 12.0 Å². The van der Waals surface area contributed by atoms with Gasteiger partial charge in [0.15, 0.2) is 5.60 Å². The van der Waals surface area contributed by atoms with Gasteiger partial charge in [0.2, 0.25) is 11.8 Å². The molecule has 0 aliphatic carbocycles. The standard InChI is InChI=1S/C19H15BrN2O9/c1-8(23)29-18(30-9(2)24)19-6-5-13(31-19)14-15(19)17(26)21(16(14)25)12-4-3-10(22(27)28)7-11(12)20/h3-7,13-15,18H,1-2H3/t13-,14+,15-,19-/m1/s1. The molecule has 1 aromatic carbocycles. The summed E-state index contributed by atoms with van der Waals surface area (Å²) < 4.78 is 16.3. The molecular weight excluding hydrogens is 480 g/mol. The number of carbonyl (C=O) groups is 4. The van der Waals surface area contributed by atoms with Crippen LogP contribution < -0.4 is 4.90 Å². The number of hydrogen-bond donors (Lipinski definition) is 0. The number of non-ortho nitro benzene ring substituents is 1. The number of anilines is 1. The van der Waals surface area contributed by atoms with Crippen LogP contribution in [-0.4, -0.2) is 46.7 Å². The van der Waals surface area contributed by atoms with E-state index in [1.807, 2.05) is 0 Å². The Balaban J connectivity index is 1.75. The first-order valence-electron chi connectivity index (χ1n) is 9.10. The van der Waals surface area contributed by atoms with E-state index in [9.17, 15) is 29.3 Å². The summed E-state index contributed by atoms with van der Waals surface area (Å²) in [4.78, 5) is 61.1. The van der Waals surface area contributed by atoms with Crippen LogP contribution in [0.15, 0.2) is 34.8 Å². The summed E-state index contributed by atoms with van der Waals surface area (Å²) in [5.41, 5.74) is -1.76. The van der Waals surface area contributed by atoms with Gasteiger partial charge in [-0.15, -0.1) is 0 Å². The molecule has 3 heterocycles. The lowest BCUT2D eigenvalue weighted by Gasteiger charge is -2.34. The van der Waals surface area contributed by atoms with Crippen molar-refractivity contribution in [1.82, 2.24) is 0 Å². The number of nitro benzene ring substituents is 1. The second kappa shape index (κ2) is 7.24. The Bertz CT molecular complexity index is 1050. The molecule has 4 rings (SSSR count). The fourth-order valence-electron chi connectivity index (χ4n) is 4.24. The Kier molecular flexibility index (Phi) is 4.93. The van der Waals surface area contributed by atoms with E-state index < -0.39 is 58.5 Å². The lowest BCUT2D eigenvalue weighted by Crippen LogP contribution is -2.52. The Labute approximate surface area is 183 Å². The van der Waals surface area contributed by atoms with E-state index in [1.165, 1.54) is 24.3 Å². The number of imide groups is 1. The second-order valence-corrected chi connectivity index (χ2v) is 8.11. The van der Waals surface area contributed by atoms with Gasteiger partial charge in [-0.2, -0.15) is 0 Å². The highest BCUT2D eigenvalue weighted by molar-refractivity contribution is 9.10. The summed E-state index contributed by atoms with van der Waals surface area (Å²) in [6, 6.07) is 3.65. The maximum Gasteiger partial charge on any atom is 0.305 e. The Morgan fingerprint density at radius 2 is 1.87 bits per heavy atom. The SMILES string of the molecule is CC(=O)OC(OC(C)=O)[C@]12C=C[C@@H](O1)[C@@H]1C(=O)N(c3ccc([N+](=O)[O-])cc3Br)C(=O)[C@@H]12. The van der Waals surface area contributed by atoms with Crippen LogP contribution in [0.3, 0.4) is 0 Å². The molecule has 0 N–H and O–H groups in total. The maximum atomic E-state index is 13.4. The molecule has 162 valence electrons. The zero-order valence-corrected chi connectivity index (χ0v) is 17.7. The number of nitrogens with zero attached hydrogens (tertiary/aromatic N) is 2. The van der Waals surface area contributed by atoms with Crippen molar-refractivity contribution in [3.63, 3.8) is 0 Å². The van der Waals surface area contributed by atoms with Gasteiger partial charge in [0.1, 0.15) is 0 Å². The minimum Gasteiger partial charge on any atom is -0.422 e. The topological polar surface area (TPSA) is 142 Å². The fourth-order valence-corrected chi connectivity index (χ4v) is 4.79. The second-order valence-electron chi connectivity index (χ2n) is 7.25. The Morgan fingerprint density at radius 1 is 1.23 bits per heavy atom. The van der Waals surface area contributed by atoms with Crippen molar-refractivity contribution in [1.29, 1.82) is 0 Å². The predicted molar refractivity (Wildman–Crippen MR) is 104 cm³/mol. The van der Waals surface area contributed by atoms with Gasteiger partial charge in [-0.3, -0.25) is 29.3 Å². The molecule has 0 radical (unpaired) electrons. The minimum atomic E-state index is -1.67. The molecule has 2 amide bonds. The molecular formula is C19H15BrN2O9. The lowest BCUT2D eigenvalue weighted by molar-refractivity contribution is -0.384. The van der Waals surface area contributed by atoms with Gasteiger partial charge in [0.05, 0.1) is 28.6 Å². The summed E-state index contributed by atoms with van der Waals surface area (Å²) in [7, 11) is 0. The molecule has 2 bridgehead atoms. The van der Waals surface area contributed by atoms with Crippen molar-refractivity contribution in [3.8, 4) is 0 Å². The van der Waals surface area contributed by atoms with Crippen molar-refractivity contribution in [2.24, 2.45) is 11.8 Å². The first kappa shape index (κ1) is 21.1. The minimum absolute atomic E-state index is 0.126. The van der Waals surface area contributed by atoms with E-state index in [0.717, 1.165) is 18.7 Å². The van der Waals surface area contributed by atoms with Crippen LogP contribution in [0.1, 0.15) is 13.8 Å². The molecule has 2 saturated heterocycles. The van der Waals surface area contributed by atoms with Crippen LogP contribution >= 0.6 is 15.9 Å². The molecule has 0 saturated carbocycles. The van der Waals surface area contributed by atoms with E-state index in [4.69, 9.17) is 14.2 Å². The van der Waals surface area contributed by atoms with Gasteiger partial charge < -0.3 is 14.2 Å². The van der Waals surface area contributed by atoms with Gasteiger partial charge in [-0.25, -0.2) is 4.90 Å². The molecule has 3 aliphatic heterocycles. The summed E-state index contributed by atoms with van der Waals surface area (Å²) in [6.45, 7) is 2.22. The normalized spacial score (nSPS) is 28.3. The molecule has 0 unspecified atom stereocenters. The molecule has 2 fully saturated rings. The highest BCUT2D eigenvalue weighted by Gasteiger charge is 2.72. The summed E-state index contributed by atoms with van der Waals surface area (Å²) in [6.07, 6.45) is 0.656. The molecule has 31 heavy (non-hydrogen) atoms. The zero-order chi connectivity index (χ0) is 22.7. The highest BCUT2D eigenvalue weighted by Crippen LogP contribution is 2.55. The van der Waals surface area contributed by atoms with Gasteiger partial charge in [0, 0.05) is 30.5 Å². The quantitative estimate of drug-likeness (QED) is 0.149. The number of fused-ring (bicyclic) bond motifs is 5. The Hall–Kier alpha value is -3.12. The summed E-state index contributed by atoms with van der Waals surface area (Å²) in [5, 5.41) is 11.0. The third kappa shape index (κ3) is 3.13. The third-order valence-electron chi connectivity index (χ3n) is 5.38. The maximum absolute atomic E-state index is 13.4. The number of halogens is 1. The molecule has 3 aliphatic rings. The predicted octanol–water partition coefficient (Wildman–Crippen LogP) is 1.62. The van der Waals surface area contributed by atoms with Crippen molar-refractivity contribution in [3.05, 3.63) is 44.9 Å². The molecule has 0 spiro atoms. The number of nitro groups is 1. The van der Waals surface area contributed by atoms with Crippen LogP contribution in [-0.2, 0) is 33.4 Å². The van der Waals surface area contributed by atoms with Crippen molar-refractivity contribution in [2.75, 3.05) is 4.90 Å². The average molecular weight is 495 g/mol. The average Bonchev–Trinajstić information content (AvgIpc) is 3.32. The van der Waals surface area contributed by atoms with Crippen molar-refractivity contribution >= 4 is 51.1 Å². The Morgan fingerprint density at radius 3 is 2.42 bits per heavy atom. The van der Waals surface area contributed by atoms with Crippen LogP contribution in [0.2, 0.25) is 0 Å². The number of amides is 2. The van der Waals surface area contributed by atoms with Crippen LogP contribution in [0.5, 0.6) is 0 Å². The number of carbonyl (C=O) groups excluding carboxylic acids is 4. The number of hydrogen-bond acceptors (Lipinski definition) is 9. The molecule has 4 atom stereocenters. The lowest BCUT2D eigenvalue weighted by atomic mass is 9.76. The van der Waals surface area contributed by atoms with E-state index in [1.54, 1.807) is 6.08 Å². The zero-order valence-electron chi connectivity index (χ0n) is 16.1. The number of ether oxygens (including phenoxy) is 3. The fraction of sp³-hybridized carbons (Fsp3) is 0.368. The molecule has 1 aromatic rings. The van der Waals surface area contributed by atoms with Crippen LogP contribution in [0, 0.1) is 22.0 Å². The largest absolute Gasteiger partial charge is 0.422 e. The summed E-state index contributed by atoms with van der Waals surface area (Å²) in [5.74, 6) is -4.84. The molecule has 11 nitrogen and oxygen atoms in total. The number of benzene rings is 1. The molecule has 12 heteroatoms. The van der Waals surface area contributed by atoms with Crippen LogP contribution in [0.4, 0.5) is 11.4 Å². The molecule has 0 aromatic heterocycles.